The Bertz CT molecular complexity index is 302. The number of rotatable bonds is 4. The highest BCUT2D eigenvalue weighted by molar-refractivity contribution is 7.89. The molecule has 0 saturated heterocycles. The molecule has 0 spiro atoms. The molecule has 0 aliphatic carbocycles. The van der Waals surface area contributed by atoms with Gasteiger partial charge in [-0.3, -0.25) is 4.79 Å². The van der Waals surface area contributed by atoms with E-state index in [9.17, 15) is 13.2 Å². The van der Waals surface area contributed by atoms with Gasteiger partial charge in [0.15, 0.2) is 5.75 Å². The molecule has 0 aromatic rings. The molecule has 0 saturated carbocycles. The highest BCUT2D eigenvalue weighted by atomic mass is 32.2. The van der Waals surface area contributed by atoms with Crippen molar-refractivity contribution < 1.29 is 18.3 Å². The first-order valence-electron chi connectivity index (χ1n) is 2.99. The van der Waals surface area contributed by atoms with E-state index in [4.69, 9.17) is 10.4 Å². The molecular formula is C5H8N2O4S. The van der Waals surface area contributed by atoms with E-state index in [0.717, 1.165) is 0 Å². The number of carboxylic acid groups (broad SMARTS) is 1. The van der Waals surface area contributed by atoms with Crippen LogP contribution in [0.3, 0.4) is 0 Å². The number of carbonyl (C=O) groups is 1. The normalized spacial score (nSPS) is 13.3. The fourth-order valence-electron chi connectivity index (χ4n) is 0.446. The van der Waals surface area contributed by atoms with Crippen molar-refractivity contribution in [2.24, 2.45) is 0 Å². The Kier molecular flexibility index (Phi) is 3.66. The van der Waals surface area contributed by atoms with Crippen molar-refractivity contribution in [3.63, 3.8) is 0 Å². The van der Waals surface area contributed by atoms with Crippen LogP contribution >= 0.6 is 0 Å². The van der Waals surface area contributed by atoms with E-state index < -0.39 is 27.8 Å². The van der Waals surface area contributed by atoms with E-state index in [2.05, 4.69) is 0 Å². The van der Waals surface area contributed by atoms with E-state index >= 15 is 0 Å². The molecule has 12 heavy (non-hydrogen) atoms. The van der Waals surface area contributed by atoms with Crippen molar-refractivity contribution >= 4 is 16.0 Å². The van der Waals surface area contributed by atoms with Crippen molar-refractivity contribution in [2.75, 3.05) is 5.75 Å². The van der Waals surface area contributed by atoms with Gasteiger partial charge in [-0.25, -0.2) is 13.1 Å². The highest BCUT2D eigenvalue weighted by Crippen LogP contribution is 1.88. The molecular weight excluding hydrogens is 184 g/mol. The monoisotopic (exact) mass is 192 g/mol. The summed E-state index contributed by atoms with van der Waals surface area (Å²) in [6.07, 6.45) is 0. The Hall–Kier alpha value is -1.13. The Morgan fingerprint density at radius 1 is 1.75 bits per heavy atom. The summed E-state index contributed by atoms with van der Waals surface area (Å²) >= 11 is 0. The lowest BCUT2D eigenvalue weighted by Crippen LogP contribution is -2.39. The molecule has 1 atom stereocenters. The maximum Gasteiger partial charge on any atom is 0.321 e. The zero-order chi connectivity index (χ0) is 9.78. The standard InChI is InChI=1S/C5H8N2O4S/c1-4(5(8)9)7-12(10,11)3-2-6/h4,7H,3H2,1H3,(H,8,9)/t4-/m1/s1. The van der Waals surface area contributed by atoms with Gasteiger partial charge in [0.05, 0.1) is 6.07 Å². The molecule has 0 aliphatic rings. The molecule has 0 bridgehead atoms. The number of sulfonamides is 1. The molecule has 68 valence electrons. The maximum atomic E-state index is 10.7. The number of aliphatic carboxylic acids is 1. The summed E-state index contributed by atoms with van der Waals surface area (Å²) in [5, 5.41) is 16.3. The zero-order valence-electron chi connectivity index (χ0n) is 6.31. The van der Waals surface area contributed by atoms with E-state index in [1.807, 2.05) is 0 Å². The predicted molar refractivity (Wildman–Crippen MR) is 39.6 cm³/mol. The van der Waals surface area contributed by atoms with Crippen LogP contribution in [-0.2, 0) is 14.8 Å². The summed E-state index contributed by atoms with van der Waals surface area (Å²) in [5.41, 5.74) is 0. The van der Waals surface area contributed by atoms with Crippen molar-refractivity contribution in [1.29, 1.82) is 5.26 Å². The molecule has 2 N–H and O–H groups in total. The van der Waals surface area contributed by atoms with Crippen LogP contribution in [0.4, 0.5) is 0 Å². The number of hydrogen-bond donors (Lipinski definition) is 2. The molecule has 0 fully saturated rings. The Balaban J connectivity index is 4.28. The van der Waals surface area contributed by atoms with E-state index in [1.54, 1.807) is 4.72 Å². The number of hydrogen-bond acceptors (Lipinski definition) is 4. The Morgan fingerprint density at radius 2 is 2.25 bits per heavy atom. The van der Waals surface area contributed by atoms with Crippen LogP contribution in [0, 0.1) is 11.3 Å². The minimum atomic E-state index is -3.77. The quantitative estimate of drug-likeness (QED) is 0.588. The Labute approximate surface area is 69.9 Å². The summed E-state index contributed by atoms with van der Waals surface area (Å²) in [5.74, 6) is -2.01. The zero-order valence-corrected chi connectivity index (χ0v) is 7.13. The summed E-state index contributed by atoms with van der Waals surface area (Å²) in [4.78, 5) is 10.2. The summed E-state index contributed by atoms with van der Waals surface area (Å²) < 4.78 is 23.3. The molecule has 0 amide bonds. The second kappa shape index (κ2) is 4.04. The molecule has 0 rings (SSSR count). The number of carboxylic acids is 1. The van der Waals surface area contributed by atoms with Crippen molar-refractivity contribution in [3.05, 3.63) is 0 Å². The topological polar surface area (TPSA) is 107 Å². The van der Waals surface area contributed by atoms with E-state index in [-0.39, 0.29) is 0 Å². The third-order valence-electron chi connectivity index (χ3n) is 0.981. The van der Waals surface area contributed by atoms with Gasteiger partial charge in [-0.05, 0) is 6.92 Å². The van der Waals surface area contributed by atoms with Crippen molar-refractivity contribution in [1.82, 2.24) is 4.72 Å². The minimum Gasteiger partial charge on any atom is -0.480 e. The van der Waals surface area contributed by atoms with Crippen LogP contribution in [-0.4, -0.2) is 31.3 Å². The summed E-state index contributed by atoms with van der Waals surface area (Å²) in [7, 11) is -3.77. The van der Waals surface area contributed by atoms with Crippen LogP contribution < -0.4 is 4.72 Å². The third kappa shape index (κ3) is 3.90. The molecule has 0 unspecified atom stereocenters. The largest absolute Gasteiger partial charge is 0.480 e. The smallest absolute Gasteiger partial charge is 0.321 e. The van der Waals surface area contributed by atoms with Crippen LogP contribution in [0.15, 0.2) is 0 Å². The fourth-order valence-corrected chi connectivity index (χ4v) is 1.34. The lowest BCUT2D eigenvalue weighted by molar-refractivity contribution is -0.138. The molecule has 0 radical (unpaired) electrons. The molecule has 7 heteroatoms. The maximum absolute atomic E-state index is 10.7. The van der Waals surface area contributed by atoms with Crippen LogP contribution in [0.5, 0.6) is 0 Å². The lowest BCUT2D eigenvalue weighted by atomic mass is 10.4. The second-order valence-electron chi connectivity index (χ2n) is 2.09. The van der Waals surface area contributed by atoms with Gasteiger partial charge in [0.25, 0.3) is 0 Å². The SMILES string of the molecule is C[C@@H](NS(=O)(=O)CC#N)C(=O)O. The van der Waals surface area contributed by atoms with Gasteiger partial charge in [-0.1, -0.05) is 0 Å². The third-order valence-corrected chi connectivity index (χ3v) is 2.20. The first-order valence-corrected chi connectivity index (χ1v) is 4.64. The highest BCUT2D eigenvalue weighted by Gasteiger charge is 2.18. The molecule has 6 nitrogen and oxygen atoms in total. The van der Waals surface area contributed by atoms with Gasteiger partial charge in [-0.15, -0.1) is 0 Å². The van der Waals surface area contributed by atoms with E-state index in [1.165, 1.54) is 13.0 Å². The molecule has 0 aliphatic heterocycles. The van der Waals surface area contributed by atoms with Crippen LogP contribution in [0.25, 0.3) is 0 Å². The van der Waals surface area contributed by atoms with Gasteiger partial charge >= 0.3 is 5.97 Å². The average Bonchev–Trinajstić information content (AvgIpc) is 1.85. The predicted octanol–water partition coefficient (Wildman–Crippen LogP) is -1.10. The van der Waals surface area contributed by atoms with Crippen molar-refractivity contribution in [2.45, 2.75) is 13.0 Å². The number of nitrogens with one attached hydrogen (secondary N) is 1. The summed E-state index contributed by atoms with van der Waals surface area (Å²) in [6, 6.07) is 0.204. The van der Waals surface area contributed by atoms with Gasteiger partial charge in [0.1, 0.15) is 6.04 Å². The van der Waals surface area contributed by atoms with Gasteiger partial charge in [-0.2, -0.15) is 5.26 Å². The molecule has 0 aromatic carbocycles. The fraction of sp³-hybridized carbons (Fsp3) is 0.600. The van der Waals surface area contributed by atoms with E-state index in [0.29, 0.717) is 0 Å². The van der Waals surface area contributed by atoms with Gasteiger partial charge in [0.2, 0.25) is 10.0 Å². The number of nitrogens with zero attached hydrogens (tertiary/aromatic N) is 1. The lowest BCUT2D eigenvalue weighted by Gasteiger charge is -2.06. The minimum absolute atomic E-state index is 0.732. The van der Waals surface area contributed by atoms with Crippen LogP contribution in [0.1, 0.15) is 6.92 Å². The molecule has 0 aromatic heterocycles. The Morgan fingerprint density at radius 3 is 2.58 bits per heavy atom. The summed E-state index contributed by atoms with van der Waals surface area (Å²) in [6.45, 7) is 1.18. The molecule has 0 heterocycles. The second-order valence-corrected chi connectivity index (χ2v) is 3.85. The number of nitriles is 1. The first kappa shape index (κ1) is 10.9. The van der Waals surface area contributed by atoms with Gasteiger partial charge < -0.3 is 5.11 Å². The van der Waals surface area contributed by atoms with Crippen LogP contribution in [0.2, 0.25) is 0 Å². The van der Waals surface area contributed by atoms with Crippen molar-refractivity contribution in [3.8, 4) is 6.07 Å². The first-order chi connectivity index (χ1) is 5.39. The van der Waals surface area contributed by atoms with Gasteiger partial charge in [0, 0.05) is 0 Å². The average molecular weight is 192 g/mol.